The fourth-order valence-corrected chi connectivity index (χ4v) is 1.71. The second kappa shape index (κ2) is 10.5. The highest BCUT2D eigenvalue weighted by Crippen LogP contribution is 2.08. The molecule has 0 spiro atoms. The Morgan fingerprint density at radius 1 is 0.895 bits per heavy atom. The van der Waals surface area contributed by atoms with Gasteiger partial charge in [-0.2, -0.15) is 0 Å². The van der Waals surface area contributed by atoms with Crippen molar-refractivity contribution in [1.29, 1.82) is 0 Å². The Kier molecular flexibility index (Phi) is 9.70. The minimum Gasteiger partial charge on any atom is -0.481 e. The molecular formula is C13H23NO5. The Hall–Kier alpha value is -1.43. The van der Waals surface area contributed by atoms with Crippen LogP contribution in [0.25, 0.3) is 0 Å². The maximum atomic E-state index is 10.7. The Morgan fingerprint density at radius 3 is 1.74 bits per heavy atom. The Bertz CT molecular complexity index is 283. The number of carboxylic acids is 2. The van der Waals surface area contributed by atoms with Crippen molar-refractivity contribution < 1.29 is 24.6 Å². The molecule has 0 bridgehead atoms. The molecule has 0 aromatic heterocycles. The number of likely N-dealkylation sites (tertiary alicyclic amines) is 1. The van der Waals surface area contributed by atoms with E-state index in [2.05, 4.69) is 4.90 Å². The van der Waals surface area contributed by atoms with Crippen molar-refractivity contribution in [3.05, 3.63) is 0 Å². The van der Waals surface area contributed by atoms with E-state index in [0.29, 0.717) is 5.78 Å². The summed E-state index contributed by atoms with van der Waals surface area (Å²) in [5, 5.41) is 15.8. The average molecular weight is 273 g/mol. The third kappa shape index (κ3) is 12.8. The van der Waals surface area contributed by atoms with Crippen LogP contribution in [0.4, 0.5) is 0 Å². The van der Waals surface area contributed by atoms with Gasteiger partial charge in [-0.05, 0) is 32.9 Å². The predicted molar refractivity (Wildman–Crippen MR) is 70.1 cm³/mol. The summed E-state index contributed by atoms with van der Waals surface area (Å²) in [6, 6.07) is 0. The zero-order valence-electron chi connectivity index (χ0n) is 11.4. The summed E-state index contributed by atoms with van der Waals surface area (Å²) in [5.41, 5.74) is 0. The van der Waals surface area contributed by atoms with Crippen LogP contribution in [0.3, 0.4) is 0 Å². The van der Waals surface area contributed by atoms with Crippen LogP contribution < -0.4 is 0 Å². The van der Waals surface area contributed by atoms with Crippen molar-refractivity contribution in [2.75, 3.05) is 19.6 Å². The Balaban J connectivity index is 0.000000362. The summed E-state index contributed by atoms with van der Waals surface area (Å²) in [5.74, 6) is -1.84. The average Bonchev–Trinajstić information content (AvgIpc) is 2.36. The minimum absolute atomic E-state index is 0.296. The van der Waals surface area contributed by atoms with Crippen LogP contribution in [0.15, 0.2) is 0 Å². The van der Waals surface area contributed by atoms with E-state index in [4.69, 9.17) is 10.2 Å². The summed E-state index contributed by atoms with van der Waals surface area (Å²) < 4.78 is 0. The molecule has 0 unspecified atom stereocenters. The number of piperidine rings is 1. The van der Waals surface area contributed by atoms with Gasteiger partial charge >= 0.3 is 11.9 Å². The summed E-state index contributed by atoms with van der Waals surface area (Å²) in [4.78, 5) is 32.3. The number of rotatable bonds is 6. The molecule has 6 nitrogen and oxygen atoms in total. The SMILES string of the molecule is CC(=O)CCN1CCCCC1.O=C(O)CCC(=O)O. The number of hydrogen-bond donors (Lipinski definition) is 2. The quantitative estimate of drug-likeness (QED) is 0.759. The van der Waals surface area contributed by atoms with Crippen molar-refractivity contribution in [2.24, 2.45) is 0 Å². The van der Waals surface area contributed by atoms with Gasteiger partial charge in [-0.25, -0.2) is 0 Å². The van der Waals surface area contributed by atoms with Gasteiger partial charge in [0.05, 0.1) is 12.8 Å². The number of carboxylic acid groups (broad SMARTS) is 2. The second-order valence-electron chi connectivity index (χ2n) is 4.64. The highest BCUT2D eigenvalue weighted by Gasteiger charge is 2.09. The first-order chi connectivity index (χ1) is 8.91. The molecule has 6 heteroatoms. The van der Waals surface area contributed by atoms with E-state index in [1.807, 2.05) is 0 Å². The molecule has 1 aliphatic heterocycles. The highest BCUT2D eigenvalue weighted by molar-refractivity contribution is 5.75. The van der Waals surface area contributed by atoms with E-state index < -0.39 is 11.9 Å². The fourth-order valence-electron chi connectivity index (χ4n) is 1.71. The van der Waals surface area contributed by atoms with Crippen LogP contribution in [0.5, 0.6) is 0 Å². The number of ketones is 1. The van der Waals surface area contributed by atoms with Crippen LogP contribution in [0.1, 0.15) is 45.4 Å². The zero-order valence-corrected chi connectivity index (χ0v) is 11.4. The third-order valence-corrected chi connectivity index (χ3v) is 2.78. The smallest absolute Gasteiger partial charge is 0.303 e. The maximum absolute atomic E-state index is 10.7. The number of nitrogens with zero attached hydrogens (tertiary/aromatic N) is 1. The van der Waals surface area contributed by atoms with Gasteiger partial charge in [0.1, 0.15) is 5.78 Å². The molecule has 0 atom stereocenters. The maximum Gasteiger partial charge on any atom is 0.303 e. The molecule has 0 aromatic carbocycles. The van der Waals surface area contributed by atoms with Crippen molar-refractivity contribution in [2.45, 2.75) is 45.4 Å². The van der Waals surface area contributed by atoms with E-state index in [1.165, 1.54) is 32.4 Å². The lowest BCUT2D eigenvalue weighted by Crippen LogP contribution is -2.31. The molecule has 1 rings (SSSR count). The minimum atomic E-state index is -1.08. The first-order valence-electron chi connectivity index (χ1n) is 6.57. The first kappa shape index (κ1) is 17.6. The van der Waals surface area contributed by atoms with Gasteiger partial charge in [0, 0.05) is 13.0 Å². The standard InChI is InChI=1S/C9H17NO.C4H6O4/c1-9(11)5-8-10-6-3-2-4-7-10;5-3(6)1-2-4(7)8/h2-8H2,1H3;1-2H2,(H,5,6)(H,7,8). The third-order valence-electron chi connectivity index (χ3n) is 2.78. The molecule has 110 valence electrons. The molecule has 0 aromatic rings. The van der Waals surface area contributed by atoms with Gasteiger partial charge in [-0.3, -0.25) is 14.4 Å². The lowest BCUT2D eigenvalue weighted by atomic mass is 10.1. The van der Waals surface area contributed by atoms with Gasteiger partial charge < -0.3 is 15.1 Å². The van der Waals surface area contributed by atoms with Crippen LogP contribution in [0, 0.1) is 0 Å². The van der Waals surface area contributed by atoms with Crippen LogP contribution in [-0.2, 0) is 14.4 Å². The number of carbonyl (C=O) groups excluding carboxylic acids is 1. The highest BCUT2D eigenvalue weighted by atomic mass is 16.4. The van der Waals surface area contributed by atoms with Crippen molar-refractivity contribution >= 4 is 17.7 Å². The molecule has 0 amide bonds. The van der Waals surface area contributed by atoms with Gasteiger partial charge in [-0.15, -0.1) is 0 Å². The molecule has 0 aliphatic carbocycles. The summed E-state index contributed by atoms with van der Waals surface area (Å²) in [6.07, 6.45) is 4.15. The predicted octanol–water partition coefficient (Wildman–Crippen LogP) is 1.39. The van der Waals surface area contributed by atoms with Crippen molar-refractivity contribution in [3.8, 4) is 0 Å². The summed E-state index contributed by atoms with van der Waals surface area (Å²) >= 11 is 0. The fraction of sp³-hybridized carbons (Fsp3) is 0.769. The van der Waals surface area contributed by atoms with Gasteiger partial charge in [-0.1, -0.05) is 6.42 Å². The Morgan fingerprint density at radius 2 is 1.37 bits per heavy atom. The number of aliphatic carboxylic acids is 2. The van der Waals surface area contributed by atoms with Crippen molar-refractivity contribution in [1.82, 2.24) is 4.90 Å². The molecular weight excluding hydrogens is 250 g/mol. The normalized spacial score (nSPS) is 15.2. The lowest BCUT2D eigenvalue weighted by Gasteiger charge is -2.25. The first-order valence-corrected chi connectivity index (χ1v) is 6.57. The van der Waals surface area contributed by atoms with E-state index in [0.717, 1.165) is 13.0 Å². The number of carbonyl (C=O) groups is 3. The number of hydrogen-bond acceptors (Lipinski definition) is 4. The monoisotopic (exact) mass is 273 g/mol. The molecule has 1 fully saturated rings. The van der Waals surface area contributed by atoms with Crippen LogP contribution >= 0.6 is 0 Å². The summed E-state index contributed by atoms with van der Waals surface area (Å²) in [6.45, 7) is 5.06. The van der Waals surface area contributed by atoms with Crippen LogP contribution in [-0.4, -0.2) is 52.5 Å². The van der Waals surface area contributed by atoms with Gasteiger partial charge in [0.15, 0.2) is 0 Å². The molecule has 1 saturated heterocycles. The summed E-state index contributed by atoms with van der Waals surface area (Å²) in [7, 11) is 0. The number of Topliss-reactive ketones (excluding diaryl/α,β-unsaturated/α-hetero) is 1. The molecule has 1 aliphatic rings. The molecule has 0 radical (unpaired) electrons. The largest absolute Gasteiger partial charge is 0.481 e. The lowest BCUT2D eigenvalue weighted by molar-refractivity contribution is -0.143. The van der Waals surface area contributed by atoms with E-state index in [1.54, 1.807) is 6.92 Å². The molecule has 19 heavy (non-hydrogen) atoms. The topological polar surface area (TPSA) is 94.9 Å². The van der Waals surface area contributed by atoms with E-state index in [-0.39, 0.29) is 12.8 Å². The van der Waals surface area contributed by atoms with E-state index in [9.17, 15) is 14.4 Å². The second-order valence-corrected chi connectivity index (χ2v) is 4.64. The van der Waals surface area contributed by atoms with Gasteiger partial charge in [0.25, 0.3) is 0 Å². The van der Waals surface area contributed by atoms with Crippen molar-refractivity contribution in [3.63, 3.8) is 0 Å². The zero-order chi connectivity index (χ0) is 14.7. The molecule has 0 saturated carbocycles. The molecule has 2 N–H and O–H groups in total. The van der Waals surface area contributed by atoms with E-state index >= 15 is 0 Å². The van der Waals surface area contributed by atoms with Crippen LogP contribution in [0.2, 0.25) is 0 Å². The van der Waals surface area contributed by atoms with Gasteiger partial charge in [0.2, 0.25) is 0 Å². The molecule has 1 heterocycles. The Labute approximate surface area is 113 Å².